The van der Waals surface area contributed by atoms with E-state index in [1.165, 1.54) is 0 Å². The van der Waals surface area contributed by atoms with Gasteiger partial charge < -0.3 is 9.94 Å². The Morgan fingerprint density at radius 1 is 0.720 bits per heavy atom. The van der Waals surface area contributed by atoms with Gasteiger partial charge in [0.1, 0.15) is 17.2 Å². The molecule has 0 saturated heterocycles. The third-order valence-corrected chi connectivity index (χ3v) is 3.73. The van der Waals surface area contributed by atoms with E-state index in [-0.39, 0.29) is 0 Å². The topological polar surface area (TPSA) is 54.2 Å². The first-order chi connectivity index (χ1) is 12.3. The second kappa shape index (κ2) is 7.93. The van der Waals surface area contributed by atoms with E-state index in [1.807, 2.05) is 84.9 Å². The maximum absolute atomic E-state index is 9.66. The number of hydrogen-bond acceptors (Lipinski definition) is 4. The van der Waals surface area contributed by atoms with Crippen molar-refractivity contribution < 1.29 is 9.94 Å². The monoisotopic (exact) mass is 330 g/mol. The maximum Gasteiger partial charge on any atom is 0.136 e. The normalized spacial score (nSPS) is 12.0. The largest absolute Gasteiger partial charge is 0.497 e. The van der Waals surface area contributed by atoms with Gasteiger partial charge in [-0.25, -0.2) is 4.99 Å². The van der Waals surface area contributed by atoms with Crippen LogP contribution in [0.4, 0.5) is 5.69 Å². The second-order valence-electron chi connectivity index (χ2n) is 5.34. The highest BCUT2D eigenvalue weighted by molar-refractivity contribution is 6.53. The molecule has 3 aromatic carbocycles. The van der Waals surface area contributed by atoms with Crippen molar-refractivity contribution in [2.45, 2.75) is 0 Å². The molecular formula is C21H18N2O2. The molecule has 0 fully saturated rings. The van der Waals surface area contributed by atoms with Crippen molar-refractivity contribution in [3.05, 3.63) is 96.1 Å². The summed E-state index contributed by atoms with van der Waals surface area (Å²) in [5.41, 5.74) is 3.43. The Labute approximate surface area is 146 Å². The van der Waals surface area contributed by atoms with E-state index in [0.717, 1.165) is 22.6 Å². The van der Waals surface area contributed by atoms with Gasteiger partial charge in [0.2, 0.25) is 0 Å². The Hall–Kier alpha value is -3.40. The summed E-state index contributed by atoms with van der Waals surface area (Å²) in [7, 11) is 1.62. The van der Waals surface area contributed by atoms with Crippen LogP contribution in [-0.2, 0) is 0 Å². The first-order valence-electron chi connectivity index (χ1n) is 7.88. The molecule has 0 amide bonds. The van der Waals surface area contributed by atoms with Gasteiger partial charge in [0, 0.05) is 11.1 Å². The van der Waals surface area contributed by atoms with E-state index >= 15 is 0 Å². The first kappa shape index (κ1) is 16.5. The molecule has 0 aromatic heterocycles. The van der Waals surface area contributed by atoms with Gasteiger partial charge in [-0.05, 0) is 24.3 Å². The van der Waals surface area contributed by atoms with Crippen LogP contribution in [0.25, 0.3) is 0 Å². The Bertz CT molecular complexity index is 871. The van der Waals surface area contributed by atoms with Crippen molar-refractivity contribution in [1.82, 2.24) is 0 Å². The van der Waals surface area contributed by atoms with Crippen molar-refractivity contribution in [3.63, 3.8) is 0 Å². The van der Waals surface area contributed by atoms with Crippen molar-refractivity contribution >= 4 is 17.1 Å². The molecule has 124 valence electrons. The molecule has 3 rings (SSSR count). The summed E-state index contributed by atoms with van der Waals surface area (Å²) in [6.45, 7) is 0. The average Bonchev–Trinajstić information content (AvgIpc) is 2.70. The van der Waals surface area contributed by atoms with Crippen LogP contribution in [0, 0.1) is 0 Å². The van der Waals surface area contributed by atoms with Gasteiger partial charge in [0.15, 0.2) is 0 Å². The molecule has 4 heteroatoms. The number of oxime groups is 1. The molecule has 0 aliphatic carbocycles. The lowest BCUT2D eigenvalue weighted by molar-refractivity contribution is 0.320. The molecule has 25 heavy (non-hydrogen) atoms. The lowest BCUT2D eigenvalue weighted by Gasteiger charge is -2.10. The lowest BCUT2D eigenvalue weighted by Crippen LogP contribution is -2.17. The summed E-state index contributed by atoms with van der Waals surface area (Å²) in [6, 6.07) is 26.6. The van der Waals surface area contributed by atoms with Crippen LogP contribution in [0.3, 0.4) is 0 Å². The van der Waals surface area contributed by atoms with Gasteiger partial charge in [0.25, 0.3) is 0 Å². The molecule has 0 radical (unpaired) electrons. The number of benzene rings is 3. The van der Waals surface area contributed by atoms with Crippen molar-refractivity contribution in [2.24, 2.45) is 10.1 Å². The molecule has 3 aromatic rings. The minimum Gasteiger partial charge on any atom is -0.497 e. The predicted octanol–water partition coefficient (Wildman–Crippen LogP) is 4.69. The zero-order valence-electron chi connectivity index (χ0n) is 13.8. The highest BCUT2D eigenvalue weighted by atomic mass is 16.5. The van der Waals surface area contributed by atoms with Gasteiger partial charge in [0.05, 0.1) is 12.8 Å². The molecule has 0 bridgehead atoms. The Morgan fingerprint density at radius 2 is 1.24 bits per heavy atom. The van der Waals surface area contributed by atoms with Crippen LogP contribution in [0.5, 0.6) is 5.75 Å². The number of aliphatic imine (C=N–C) groups is 1. The van der Waals surface area contributed by atoms with Crippen LogP contribution in [0.2, 0.25) is 0 Å². The molecule has 4 nitrogen and oxygen atoms in total. The fourth-order valence-electron chi connectivity index (χ4n) is 2.47. The molecule has 1 N–H and O–H groups in total. The van der Waals surface area contributed by atoms with E-state index in [1.54, 1.807) is 7.11 Å². The molecule has 0 aliphatic heterocycles. The highest BCUT2D eigenvalue weighted by Crippen LogP contribution is 2.20. The quantitative estimate of drug-likeness (QED) is 0.419. The van der Waals surface area contributed by atoms with E-state index < -0.39 is 0 Å². The molecule has 0 spiro atoms. The van der Waals surface area contributed by atoms with Crippen LogP contribution in [0.1, 0.15) is 11.1 Å². The van der Waals surface area contributed by atoms with Crippen molar-refractivity contribution in [2.75, 3.05) is 7.11 Å². The predicted molar refractivity (Wildman–Crippen MR) is 100 cm³/mol. The minimum atomic E-state index is 0.419. The number of ether oxygens (including phenoxy) is 1. The zero-order valence-corrected chi connectivity index (χ0v) is 13.8. The van der Waals surface area contributed by atoms with Crippen LogP contribution >= 0.6 is 0 Å². The van der Waals surface area contributed by atoms with Crippen LogP contribution in [-0.4, -0.2) is 23.7 Å². The lowest BCUT2D eigenvalue weighted by atomic mass is 9.99. The highest BCUT2D eigenvalue weighted by Gasteiger charge is 2.15. The maximum atomic E-state index is 9.66. The Kier molecular flexibility index (Phi) is 5.22. The first-order valence-corrected chi connectivity index (χ1v) is 7.88. The summed E-state index contributed by atoms with van der Waals surface area (Å²) in [4.78, 5) is 4.72. The minimum absolute atomic E-state index is 0.419. The summed E-state index contributed by atoms with van der Waals surface area (Å²) in [6.07, 6.45) is 0. The van der Waals surface area contributed by atoms with Crippen molar-refractivity contribution in [1.29, 1.82) is 0 Å². The van der Waals surface area contributed by atoms with E-state index in [0.29, 0.717) is 11.4 Å². The third kappa shape index (κ3) is 3.93. The van der Waals surface area contributed by atoms with Gasteiger partial charge in [-0.15, -0.1) is 0 Å². The summed E-state index contributed by atoms with van der Waals surface area (Å²) < 4.78 is 5.18. The second-order valence-corrected chi connectivity index (χ2v) is 5.34. The third-order valence-electron chi connectivity index (χ3n) is 3.73. The van der Waals surface area contributed by atoms with Crippen LogP contribution < -0.4 is 4.74 Å². The molecule has 0 heterocycles. The molecule has 0 atom stereocenters. The summed E-state index contributed by atoms with van der Waals surface area (Å²) in [5.74, 6) is 0.763. The Balaban J connectivity index is 2.11. The van der Waals surface area contributed by atoms with Gasteiger partial charge in [-0.2, -0.15) is 0 Å². The Morgan fingerprint density at radius 3 is 1.72 bits per heavy atom. The fraction of sp³-hybridized carbons (Fsp3) is 0.0476. The fourth-order valence-corrected chi connectivity index (χ4v) is 2.47. The zero-order chi connectivity index (χ0) is 17.5. The number of rotatable bonds is 5. The molecule has 0 aliphatic rings. The molecular weight excluding hydrogens is 312 g/mol. The van der Waals surface area contributed by atoms with E-state index in [4.69, 9.17) is 9.73 Å². The SMILES string of the molecule is COc1ccc(N=C(/C(=N/O)c2ccccc2)c2ccccc2)cc1. The number of nitrogens with zero attached hydrogens (tertiary/aromatic N) is 2. The van der Waals surface area contributed by atoms with Crippen LogP contribution in [0.15, 0.2) is 95.1 Å². The average molecular weight is 330 g/mol. The number of hydrogen-bond donors (Lipinski definition) is 1. The van der Waals surface area contributed by atoms with E-state index in [9.17, 15) is 5.21 Å². The van der Waals surface area contributed by atoms with Crippen molar-refractivity contribution in [3.8, 4) is 5.75 Å². The molecule has 0 unspecified atom stereocenters. The standard InChI is InChI=1S/C21H18N2O2/c1-25-19-14-12-18(13-15-19)22-20(16-8-4-2-5-9-16)21(23-24)17-10-6-3-7-11-17/h2-15,24H,1H3/b22-20?,23-21+. The summed E-state index contributed by atoms with van der Waals surface area (Å²) in [5, 5.41) is 13.2. The molecule has 0 saturated carbocycles. The summed E-state index contributed by atoms with van der Waals surface area (Å²) >= 11 is 0. The smallest absolute Gasteiger partial charge is 0.136 e. The number of methoxy groups -OCH3 is 1. The van der Waals surface area contributed by atoms with E-state index in [2.05, 4.69) is 5.16 Å². The van der Waals surface area contributed by atoms with Gasteiger partial charge >= 0.3 is 0 Å². The van der Waals surface area contributed by atoms with Gasteiger partial charge in [-0.3, -0.25) is 0 Å². The van der Waals surface area contributed by atoms with Gasteiger partial charge in [-0.1, -0.05) is 65.8 Å².